The Kier molecular flexibility index (Phi) is 5.74. The van der Waals surface area contributed by atoms with Crippen molar-refractivity contribution in [1.82, 2.24) is 5.32 Å². The highest BCUT2D eigenvalue weighted by atomic mass is 35.5. The standard InChI is InChI=1S/C23H16Cl3FN2O/c1-2-4-13-9-16(15-8-7-14(27)11-20(15)26)17-12-28-23(30)29(21(17)10-13)22-18(24)5-3-6-19(22)25/h2-3,5-11H,1,4,12H2,(H,28,30). The highest BCUT2D eigenvalue weighted by Crippen LogP contribution is 2.44. The lowest BCUT2D eigenvalue weighted by Gasteiger charge is -2.33. The van der Waals surface area contributed by atoms with Gasteiger partial charge in [0.05, 0.1) is 26.4 Å². The van der Waals surface area contributed by atoms with Crippen LogP contribution in [0.15, 0.2) is 61.2 Å². The summed E-state index contributed by atoms with van der Waals surface area (Å²) in [7, 11) is 0. The summed E-state index contributed by atoms with van der Waals surface area (Å²) in [5.74, 6) is -0.419. The zero-order chi connectivity index (χ0) is 21.4. The van der Waals surface area contributed by atoms with Gasteiger partial charge in [-0.1, -0.05) is 53.0 Å². The largest absolute Gasteiger partial charge is 0.333 e. The molecule has 1 N–H and O–H groups in total. The molecule has 0 fully saturated rings. The number of benzene rings is 3. The predicted octanol–water partition coefficient (Wildman–Crippen LogP) is 7.54. The Morgan fingerprint density at radius 2 is 1.77 bits per heavy atom. The van der Waals surface area contributed by atoms with E-state index >= 15 is 0 Å². The molecule has 0 unspecified atom stereocenters. The number of fused-ring (bicyclic) bond motifs is 1. The molecular weight excluding hydrogens is 446 g/mol. The van der Waals surface area contributed by atoms with Crippen molar-refractivity contribution < 1.29 is 9.18 Å². The van der Waals surface area contributed by atoms with Crippen molar-refractivity contribution in [1.29, 1.82) is 0 Å². The number of nitrogens with one attached hydrogen (secondary N) is 1. The summed E-state index contributed by atoms with van der Waals surface area (Å²) < 4.78 is 13.6. The maximum absolute atomic E-state index is 13.6. The average Bonchev–Trinajstić information content (AvgIpc) is 2.69. The average molecular weight is 462 g/mol. The summed E-state index contributed by atoms with van der Waals surface area (Å²) in [6.07, 6.45) is 2.35. The van der Waals surface area contributed by atoms with Gasteiger partial charge < -0.3 is 5.32 Å². The molecule has 1 aliphatic rings. The quantitative estimate of drug-likeness (QED) is 0.400. The van der Waals surface area contributed by atoms with Gasteiger partial charge in [0.25, 0.3) is 0 Å². The van der Waals surface area contributed by atoms with Crippen molar-refractivity contribution in [2.45, 2.75) is 13.0 Å². The number of amides is 2. The van der Waals surface area contributed by atoms with Crippen molar-refractivity contribution >= 4 is 52.2 Å². The Hall–Kier alpha value is -2.53. The fourth-order valence-corrected chi connectivity index (χ4v) is 4.45. The van der Waals surface area contributed by atoms with Gasteiger partial charge in [-0.2, -0.15) is 0 Å². The van der Waals surface area contributed by atoms with Crippen molar-refractivity contribution in [3.63, 3.8) is 0 Å². The third-order valence-corrected chi connectivity index (χ3v) is 5.83. The Balaban J connectivity index is 2.01. The molecular formula is C23H16Cl3FN2O. The van der Waals surface area contributed by atoms with E-state index in [2.05, 4.69) is 11.9 Å². The van der Waals surface area contributed by atoms with Gasteiger partial charge in [0.1, 0.15) is 5.82 Å². The highest BCUT2D eigenvalue weighted by molar-refractivity contribution is 6.40. The predicted molar refractivity (Wildman–Crippen MR) is 122 cm³/mol. The molecule has 0 saturated carbocycles. The summed E-state index contributed by atoms with van der Waals surface area (Å²) in [6, 6.07) is 12.9. The molecule has 2 amide bonds. The fraction of sp³-hybridized carbons (Fsp3) is 0.0870. The number of hydrogen-bond acceptors (Lipinski definition) is 1. The molecule has 0 saturated heterocycles. The maximum Gasteiger partial charge on any atom is 0.326 e. The van der Waals surface area contributed by atoms with E-state index in [-0.39, 0.29) is 17.6 Å². The summed E-state index contributed by atoms with van der Waals surface area (Å²) in [5, 5.41) is 3.85. The lowest BCUT2D eigenvalue weighted by molar-refractivity contribution is 0.247. The number of carbonyl (C=O) groups is 1. The third-order valence-electron chi connectivity index (χ3n) is 4.91. The van der Waals surface area contributed by atoms with Gasteiger partial charge in [0.15, 0.2) is 0 Å². The number of nitrogens with zero attached hydrogens (tertiary/aromatic N) is 1. The minimum absolute atomic E-state index is 0.282. The van der Waals surface area contributed by atoms with Crippen LogP contribution in [0.4, 0.5) is 20.6 Å². The molecule has 152 valence electrons. The van der Waals surface area contributed by atoms with Crippen molar-refractivity contribution in [3.8, 4) is 11.1 Å². The topological polar surface area (TPSA) is 32.3 Å². The van der Waals surface area contributed by atoms with Gasteiger partial charge in [0, 0.05) is 17.7 Å². The molecule has 7 heteroatoms. The SMILES string of the molecule is C=CCc1cc(-c2ccc(F)cc2Cl)c2c(c1)N(c1c(Cl)cccc1Cl)C(=O)NC2. The molecule has 4 rings (SSSR count). The van der Waals surface area contributed by atoms with Crippen LogP contribution in [0.25, 0.3) is 11.1 Å². The monoisotopic (exact) mass is 460 g/mol. The molecule has 0 radical (unpaired) electrons. The van der Waals surface area contributed by atoms with Crippen LogP contribution in [0, 0.1) is 5.82 Å². The molecule has 0 aromatic heterocycles. The molecule has 0 aliphatic carbocycles. The zero-order valence-electron chi connectivity index (χ0n) is 15.7. The Labute approximate surface area is 188 Å². The molecule has 1 aliphatic heterocycles. The number of rotatable bonds is 4. The van der Waals surface area contributed by atoms with E-state index in [1.165, 1.54) is 17.0 Å². The number of allylic oxidation sites excluding steroid dienone is 1. The summed E-state index contributed by atoms with van der Waals surface area (Å²) in [5.41, 5.74) is 4.24. The van der Waals surface area contributed by atoms with E-state index in [0.29, 0.717) is 33.4 Å². The third kappa shape index (κ3) is 3.67. The molecule has 1 heterocycles. The van der Waals surface area contributed by atoms with Gasteiger partial charge in [0.2, 0.25) is 0 Å². The lowest BCUT2D eigenvalue weighted by atomic mass is 9.92. The second-order valence-corrected chi connectivity index (χ2v) is 8.04. The molecule has 30 heavy (non-hydrogen) atoms. The molecule has 3 aromatic carbocycles. The number of urea groups is 1. The van der Waals surface area contributed by atoms with Gasteiger partial charge in [-0.25, -0.2) is 9.18 Å². The second-order valence-electron chi connectivity index (χ2n) is 6.82. The van der Waals surface area contributed by atoms with Gasteiger partial charge >= 0.3 is 6.03 Å². The van der Waals surface area contributed by atoms with Crippen LogP contribution in [0.2, 0.25) is 15.1 Å². The first-order chi connectivity index (χ1) is 14.4. The van der Waals surface area contributed by atoms with E-state index in [9.17, 15) is 9.18 Å². The molecule has 0 spiro atoms. The summed E-state index contributed by atoms with van der Waals surface area (Å²) in [6.45, 7) is 4.09. The first kappa shape index (κ1) is 20.7. The van der Waals surface area contributed by atoms with Crippen LogP contribution in [0.3, 0.4) is 0 Å². The van der Waals surface area contributed by atoms with E-state index < -0.39 is 5.82 Å². The zero-order valence-corrected chi connectivity index (χ0v) is 18.0. The van der Waals surface area contributed by atoms with Crippen LogP contribution < -0.4 is 10.2 Å². The molecule has 0 atom stereocenters. The van der Waals surface area contributed by atoms with E-state index in [1.807, 2.05) is 12.1 Å². The first-order valence-electron chi connectivity index (χ1n) is 9.14. The Morgan fingerprint density at radius 1 is 1.03 bits per heavy atom. The number of anilines is 2. The number of para-hydroxylation sites is 1. The van der Waals surface area contributed by atoms with Crippen LogP contribution in [-0.4, -0.2) is 6.03 Å². The first-order valence-corrected chi connectivity index (χ1v) is 10.3. The van der Waals surface area contributed by atoms with Crippen molar-refractivity contribution in [2.75, 3.05) is 4.90 Å². The Morgan fingerprint density at radius 3 is 2.43 bits per heavy atom. The van der Waals surface area contributed by atoms with Gasteiger partial charge in [-0.3, -0.25) is 4.90 Å². The smallest absolute Gasteiger partial charge is 0.326 e. The fourth-order valence-electron chi connectivity index (χ4n) is 3.61. The summed E-state index contributed by atoms with van der Waals surface area (Å²) >= 11 is 19.2. The molecule has 3 aromatic rings. The Bertz CT molecular complexity index is 1160. The van der Waals surface area contributed by atoms with E-state index in [1.54, 1.807) is 30.3 Å². The summed E-state index contributed by atoms with van der Waals surface area (Å²) in [4.78, 5) is 14.4. The molecule has 0 bridgehead atoms. The van der Waals surface area contributed by atoms with Crippen LogP contribution in [0.5, 0.6) is 0 Å². The minimum Gasteiger partial charge on any atom is -0.333 e. The maximum atomic E-state index is 13.6. The minimum atomic E-state index is -0.419. The van der Waals surface area contributed by atoms with E-state index in [4.69, 9.17) is 34.8 Å². The normalized spacial score (nSPS) is 13.1. The van der Waals surface area contributed by atoms with Crippen molar-refractivity contribution in [2.24, 2.45) is 0 Å². The van der Waals surface area contributed by atoms with E-state index in [0.717, 1.165) is 16.7 Å². The number of hydrogen-bond donors (Lipinski definition) is 1. The highest BCUT2D eigenvalue weighted by Gasteiger charge is 2.31. The van der Waals surface area contributed by atoms with Crippen LogP contribution >= 0.6 is 34.8 Å². The van der Waals surface area contributed by atoms with Crippen LogP contribution in [-0.2, 0) is 13.0 Å². The second kappa shape index (κ2) is 8.31. The van der Waals surface area contributed by atoms with Crippen molar-refractivity contribution in [3.05, 3.63) is 93.2 Å². The lowest BCUT2D eigenvalue weighted by Crippen LogP contribution is -2.41. The number of halogens is 4. The van der Waals surface area contributed by atoms with Gasteiger partial charge in [-0.15, -0.1) is 6.58 Å². The van der Waals surface area contributed by atoms with Gasteiger partial charge in [-0.05, 0) is 53.9 Å². The number of carbonyl (C=O) groups excluding carboxylic acids is 1. The van der Waals surface area contributed by atoms with Crippen LogP contribution in [0.1, 0.15) is 11.1 Å². The molecule has 3 nitrogen and oxygen atoms in total.